The maximum absolute atomic E-state index is 13.2. The molecule has 0 heterocycles. The second-order valence-electron chi connectivity index (χ2n) is 3.45. The van der Waals surface area contributed by atoms with Gasteiger partial charge in [-0.1, -0.05) is 0 Å². The molecular weight excluding hydrogens is 193 g/mol. The SMILES string of the molecule is O[C@@H]1CCCc2c(F)cc(F)c(F)c21. The summed E-state index contributed by atoms with van der Waals surface area (Å²) in [5.41, 5.74) is -0.0867. The van der Waals surface area contributed by atoms with E-state index >= 15 is 0 Å². The molecule has 0 amide bonds. The zero-order valence-corrected chi connectivity index (χ0v) is 7.36. The van der Waals surface area contributed by atoms with Gasteiger partial charge in [0, 0.05) is 11.6 Å². The van der Waals surface area contributed by atoms with Crippen molar-refractivity contribution in [2.24, 2.45) is 0 Å². The first kappa shape index (κ1) is 9.52. The topological polar surface area (TPSA) is 20.2 Å². The van der Waals surface area contributed by atoms with Crippen molar-refractivity contribution in [2.45, 2.75) is 25.4 Å². The number of aliphatic hydroxyl groups is 1. The van der Waals surface area contributed by atoms with E-state index in [9.17, 15) is 18.3 Å². The molecule has 0 unspecified atom stereocenters. The number of rotatable bonds is 0. The Labute approximate surface area is 79.2 Å². The summed E-state index contributed by atoms with van der Waals surface area (Å²) in [6.45, 7) is 0. The van der Waals surface area contributed by atoms with Crippen LogP contribution in [0.5, 0.6) is 0 Å². The van der Waals surface area contributed by atoms with E-state index in [1.807, 2.05) is 0 Å². The van der Waals surface area contributed by atoms with Crippen molar-refractivity contribution in [1.29, 1.82) is 0 Å². The molecular formula is C10H9F3O. The van der Waals surface area contributed by atoms with Crippen LogP contribution in [-0.2, 0) is 6.42 Å². The molecule has 4 heteroatoms. The zero-order chi connectivity index (χ0) is 10.3. The van der Waals surface area contributed by atoms with Crippen LogP contribution in [0.4, 0.5) is 13.2 Å². The lowest BCUT2D eigenvalue weighted by Crippen LogP contribution is -2.14. The van der Waals surface area contributed by atoms with E-state index in [0.717, 1.165) is 0 Å². The fraction of sp³-hybridized carbons (Fsp3) is 0.400. The number of hydrogen-bond acceptors (Lipinski definition) is 1. The predicted octanol–water partition coefficient (Wildman–Crippen LogP) is 2.47. The predicted molar refractivity (Wildman–Crippen MR) is 44.2 cm³/mol. The highest BCUT2D eigenvalue weighted by molar-refractivity contribution is 5.34. The lowest BCUT2D eigenvalue weighted by Gasteiger charge is -2.22. The summed E-state index contributed by atoms with van der Waals surface area (Å²) < 4.78 is 39.2. The molecule has 1 N–H and O–H groups in total. The molecule has 2 rings (SSSR count). The zero-order valence-electron chi connectivity index (χ0n) is 7.36. The maximum Gasteiger partial charge on any atom is 0.165 e. The maximum atomic E-state index is 13.2. The third kappa shape index (κ3) is 1.30. The van der Waals surface area contributed by atoms with Crippen LogP contribution >= 0.6 is 0 Å². The van der Waals surface area contributed by atoms with Crippen molar-refractivity contribution in [3.05, 3.63) is 34.6 Å². The Hall–Kier alpha value is -1.03. The summed E-state index contributed by atoms with van der Waals surface area (Å²) in [6.07, 6.45) is 0.224. The molecule has 76 valence electrons. The van der Waals surface area contributed by atoms with Crippen LogP contribution in [0.2, 0.25) is 0 Å². The monoisotopic (exact) mass is 202 g/mol. The average molecular weight is 202 g/mol. The lowest BCUT2D eigenvalue weighted by atomic mass is 9.88. The molecule has 0 spiro atoms. The Morgan fingerprint density at radius 3 is 2.64 bits per heavy atom. The van der Waals surface area contributed by atoms with Crippen LogP contribution in [0, 0.1) is 17.5 Å². The van der Waals surface area contributed by atoms with Gasteiger partial charge in [0.05, 0.1) is 6.10 Å². The highest BCUT2D eigenvalue weighted by Crippen LogP contribution is 2.34. The summed E-state index contributed by atoms with van der Waals surface area (Å²) in [5.74, 6) is -3.12. The van der Waals surface area contributed by atoms with Gasteiger partial charge >= 0.3 is 0 Å². The molecule has 1 nitrogen and oxygen atoms in total. The summed E-state index contributed by atoms with van der Waals surface area (Å²) in [6, 6.07) is 0.534. The molecule has 1 aromatic rings. The molecule has 0 aromatic heterocycles. The van der Waals surface area contributed by atoms with E-state index in [1.165, 1.54) is 0 Å². The molecule has 0 bridgehead atoms. The minimum Gasteiger partial charge on any atom is -0.388 e. The van der Waals surface area contributed by atoms with Crippen molar-refractivity contribution in [3.63, 3.8) is 0 Å². The number of benzene rings is 1. The molecule has 0 aliphatic heterocycles. The van der Waals surface area contributed by atoms with Gasteiger partial charge in [-0.2, -0.15) is 0 Å². The van der Waals surface area contributed by atoms with Crippen molar-refractivity contribution in [3.8, 4) is 0 Å². The first-order valence-electron chi connectivity index (χ1n) is 4.45. The van der Waals surface area contributed by atoms with Crippen molar-refractivity contribution in [1.82, 2.24) is 0 Å². The van der Waals surface area contributed by atoms with Gasteiger partial charge in [0.15, 0.2) is 11.6 Å². The average Bonchev–Trinajstić information content (AvgIpc) is 2.14. The van der Waals surface area contributed by atoms with Crippen LogP contribution in [0.1, 0.15) is 30.1 Å². The Balaban J connectivity index is 2.67. The van der Waals surface area contributed by atoms with E-state index in [1.54, 1.807) is 0 Å². The Kier molecular flexibility index (Phi) is 2.23. The standard InChI is InChI=1S/C10H9F3O/c11-6-4-7(12)10(13)9-5(6)2-1-3-8(9)14/h4,8,14H,1-3H2/t8-/m1/s1. The number of halogens is 3. The van der Waals surface area contributed by atoms with E-state index < -0.39 is 23.6 Å². The lowest BCUT2D eigenvalue weighted by molar-refractivity contribution is 0.149. The van der Waals surface area contributed by atoms with Crippen LogP contribution < -0.4 is 0 Å². The smallest absolute Gasteiger partial charge is 0.165 e. The summed E-state index contributed by atoms with van der Waals surface area (Å²) in [7, 11) is 0. The van der Waals surface area contributed by atoms with Crippen LogP contribution in [0.15, 0.2) is 6.07 Å². The molecule has 14 heavy (non-hydrogen) atoms. The van der Waals surface area contributed by atoms with Crippen LogP contribution in [0.25, 0.3) is 0 Å². The summed E-state index contributed by atoms with van der Waals surface area (Å²) in [5, 5.41) is 9.42. The fourth-order valence-electron chi connectivity index (χ4n) is 1.87. The Morgan fingerprint density at radius 1 is 1.21 bits per heavy atom. The van der Waals surface area contributed by atoms with Crippen molar-refractivity contribution >= 4 is 0 Å². The minimum atomic E-state index is -1.23. The molecule has 0 saturated heterocycles. The number of aliphatic hydroxyl groups excluding tert-OH is 1. The molecule has 0 saturated carbocycles. The molecule has 1 aliphatic rings. The Morgan fingerprint density at radius 2 is 1.93 bits per heavy atom. The summed E-state index contributed by atoms with van der Waals surface area (Å²) in [4.78, 5) is 0. The number of hydrogen-bond donors (Lipinski definition) is 1. The molecule has 1 aromatic carbocycles. The number of fused-ring (bicyclic) bond motifs is 1. The van der Waals surface area contributed by atoms with Crippen molar-refractivity contribution in [2.75, 3.05) is 0 Å². The van der Waals surface area contributed by atoms with Gasteiger partial charge in [-0.05, 0) is 24.8 Å². The van der Waals surface area contributed by atoms with Gasteiger partial charge in [0.2, 0.25) is 0 Å². The van der Waals surface area contributed by atoms with Crippen LogP contribution in [-0.4, -0.2) is 5.11 Å². The third-order valence-corrected chi connectivity index (χ3v) is 2.55. The van der Waals surface area contributed by atoms with Gasteiger partial charge in [-0.15, -0.1) is 0 Å². The van der Waals surface area contributed by atoms with Gasteiger partial charge in [-0.25, -0.2) is 13.2 Å². The first-order chi connectivity index (χ1) is 6.61. The van der Waals surface area contributed by atoms with Crippen molar-refractivity contribution < 1.29 is 18.3 Å². The molecule has 1 atom stereocenters. The second kappa shape index (κ2) is 3.28. The van der Waals surface area contributed by atoms with Gasteiger partial charge in [-0.3, -0.25) is 0 Å². The van der Waals surface area contributed by atoms with E-state index in [-0.39, 0.29) is 11.1 Å². The highest BCUT2D eigenvalue weighted by Gasteiger charge is 2.27. The van der Waals surface area contributed by atoms with Gasteiger partial charge in [0.25, 0.3) is 0 Å². The molecule has 1 aliphatic carbocycles. The van der Waals surface area contributed by atoms with E-state index in [0.29, 0.717) is 25.3 Å². The minimum absolute atomic E-state index is 0.114. The van der Waals surface area contributed by atoms with E-state index in [2.05, 4.69) is 0 Å². The van der Waals surface area contributed by atoms with Crippen LogP contribution in [0.3, 0.4) is 0 Å². The van der Waals surface area contributed by atoms with E-state index in [4.69, 9.17) is 0 Å². The Bertz CT molecular complexity index is 376. The normalized spacial score (nSPS) is 20.7. The first-order valence-corrected chi connectivity index (χ1v) is 4.45. The van der Waals surface area contributed by atoms with Gasteiger partial charge in [0.1, 0.15) is 5.82 Å². The second-order valence-corrected chi connectivity index (χ2v) is 3.45. The third-order valence-electron chi connectivity index (χ3n) is 2.55. The quantitative estimate of drug-likeness (QED) is 0.641. The fourth-order valence-corrected chi connectivity index (χ4v) is 1.87. The molecule has 0 fully saturated rings. The largest absolute Gasteiger partial charge is 0.388 e. The highest BCUT2D eigenvalue weighted by atomic mass is 19.2. The van der Waals surface area contributed by atoms with Gasteiger partial charge < -0.3 is 5.11 Å². The summed E-state index contributed by atoms with van der Waals surface area (Å²) >= 11 is 0. The molecule has 0 radical (unpaired) electrons.